The van der Waals surface area contributed by atoms with Crippen molar-refractivity contribution in [3.8, 4) is 11.3 Å². The van der Waals surface area contributed by atoms with Gasteiger partial charge in [0.15, 0.2) is 5.65 Å². The average molecular weight is 497 g/mol. The fourth-order valence-electron chi connectivity index (χ4n) is 3.57. The Labute approximate surface area is 209 Å². The number of hydrogen-bond donors (Lipinski definition) is 0. The molecule has 0 bridgehead atoms. The number of fused-ring (bicyclic) bond motifs is 1. The first-order chi connectivity index (χ1) is 16.9. The van der Waals surface area contributed by atoms with E-state index in [-0.39, 0.29) is 0 Å². The molecule has 2 fully saturated rings. The number of rotatable bonds is 2. The molecule has 1 saturated carbocycles. The van der Waals surface area contributed by atoms with Crippen molar-refractivity contribution >= 4 is 22.8 Å². The van der Waals surface area contributed by atoms with Crippen molar-refractivity contribution in [1.29, 1.82) is 0 Å². The zero-order valence-electron chi connectivity index (χ0n) is 20.3. The van der Waals surface area contributed by atoms with Gasteiger partial charge >= 0.3 is 0 Å². The van der Waals surface area contributed by atoms with E-state index in [9.17, 15) is 4.39 Å². The lowest BCUT2D eigenvalue weighted by Crippen LogP contribution is -2.12. The predicted molar refractivity (Wildman–Crippen MR) is 135 cm³/mol. The second kappa shape index (κ2) is 11.6. The SMILES string of the molecule is CC1CCOCC1.Cc1nc2ncnc(-c3ccc(Cl)cc3F)c2nc1C.c1cnn(C2CC2)c1. The first-order valence-corrected chi connectivity index (χ1v) is 12.3. The van der Waals surface area contributed by atoms with Crippen LogP contribution in [-0.4, -0.2) is 42.9 Å². The maximum Gasteiger partial charge on any atom is 0.182 e. The lowest BCUT2D eigenvalue weighted by molar-refractivity contribution is 0.0716. The topological polar surface area (TPSA) is 78.6 Å². The third-order valence-electron chi connectivity index (χ3n) is 6.02. The van der Waals surface area contributed by atoms with Gasteiger partial charge in [0.25, 0.3) is 0 Å². The minimum absolute atomic E-state index is 0.333. The summed E-state index contributed by atoms with van der Waals surface area (Å²) in [4.78, 5) is 17.0. The van der Waals surface area contributed by atoms with Crippen LogP contribution in [0.2, 0.25) is 5.02 Å². The Kier molecular flexibility index (Phi) is 8.36. The Hall–Kier alpha value is -2.97. The van der Waals surface area contributed by atoms with Crippen LogP contribution in [-0.2, 0) is 4.74 Å². The van der Waals surface area contributed by atoms with Crippen LogP contribution >= 0.6 is 11.6 Å². The van der Waals surface area contributed by atoms with Crippen LogP contribution in [0.5, 0.6) is 0 Å². The summed E-state index contributed by atoms with van der Waals surface area (Å²) in [5.74, 6) is 0.464. The van der Waals surface area contributed by atoms with E-state index >= 15 is 0 Å². The van der Waals surface area contributed by atoms with E-state index < -0.39 is 5.82 Å². The summed E-state index contributed by atoms with van der Waals surface area (Å²) in [6, 6.07) is 7.15. The van der Waals surface area contributed by atoms with Crippen LogP contribution in [0.4, 0.5) is 4.39 Å². The Morgan fingerprint density at radius 2 is 1.77 bits per heavy atom. The van der Waals surface area contributed by atoms with Gasteiger partial charge in [-0.25, -0.2) is 24.3 Å². The molecule has 1 aromatic carbocycles. The molecule has 0 radical (unpaired) electrons. The van der Waals surface area contributed by atoms with Gasteiger partial charge in [-0.1, -0.05) is 18.5 Å². The molecular formula is C26H30ClFN6O. The van der Waals surface area contributed by atoms with Crippen LogP contribution in [0.15, 0.2) is 43.0 Å². The van der Waals surface area contributed by atoms with Crippen molar-refractivity contribution in [2.45, 2.75) is 52.5 Å². The van der Waals surface area contributed by atoms with Crippen molar-refractivity contribution in [3.63, 3.8) is 0 Å². The number of nitrogens with zero attached hydrogens (tertiary/aromatic N) is 6. The maximum absolute atomic E-state index is 14.1. The average Bonchev–Trinajstić information content (AvgIpc) is 3.55. The van der Waals surface area contributed by atoms with Crippen LogP contribution < -0.4 is 0 Å². The largest absolute Gasteiger partial charge is 0.381 e. The van der Waals surface area contributed by atoms with Crippen molar-refractivity contribution in [1.82, 2.24) is 29.7 Å². The second-order valence-corrected chi connectivity index (χ2v) is 9.36. The fourth-order valence-corrected chi connectivity index (χ4v) is 3.73. The molecule has 3 aromatic heterocycles. The van der Waals surface area contributed by atoms with Gasteiger partial charge in [0.05, 0.1) is 17.4 Å². The molecule has 0 N–H and O–H groups in total. The smallest absolute Gasteiger partial charge is 0.182 e. The molecule has 184 valence electrons. The lowest BCUT2D eigenvalue weighted by atomic mass is 10.0. The molecule has 7 nitrogen and oxygen atoms in total. The third-order valence-corrected chi connectivity index (χ3v) is 6.26. The number of benzene rings is 1. The highest BCUT2D eigenvalue weighted by molar-refractivity contribution is 6.30. The molecule has 6 rings (SSSR count). The fraction of sp³-hybridized carbons (Fsp3) is 0.423. The Balaban J connectivity index is 0.000000156. The van der Waals surface area contributed by atoms with Crippen LogP contribution in [0.3, 0.4) is 0 Å². The van der Waals surface area contributed by atoms with E-state index in [0.29, 0.717) is 27.4 Å². The Morgan fingerprint density at radius 1 is 1.03 bits per heavy atom. The molecule has 0 amide bonds. The van der Waals surface area contributed by atoms with Gasteiger partial charge in [0.1, 0.15) is 23.4 Å². The molecule has 4 heterocycles. The van der Waals surface area contributed by atoms with Crippen molar-refractivity contribution in [3.05, 3.63) is 65.2 Å². The zero-order valence-corrected chi connectivity index (χ0v) is 21.0. The monoisotopic (exact) mass is 496 g/mol. The number of ether oxygens (including phenoxy) is 1. The summed E-state index contributed by atoms with van der Waals surface area (Å²) in [6.07, 6.45) is 10.4. The van der Waals surface area contributed by atoms with Crippen LogP contribution in [0.1, 0.15) is 50.0 Å². The number of halogens is 2. The first-order valence-electron chi connectivity index (χ1n) is 11.9. The van der Waals surface area contributed by atoms with E-state index in [1.165, 1.54) is 38.1 Å². The molecule has 4 aromatic rings. The highest BCUT2D eigenvalue weighted by atomic mass is 35.5. The Morgan fingerprint density at radius 3 is 2.37 bits per heavy atom. The predicted octanol–water partition coefficient (Wildman–Crippen LogP) is 6.15. The standard InChI is InChI=1S/C14H10ClFN4.C6H8N2.C6H12O/c1-7-8(2)20-14-13(19-7)12(17-6-18-14)10-4-3-9(15)5-11(10)16;1-4-7-8(5-1)6-2-3-6;1-6-2-4-7-5-3-6/h3-6H,1-2H3;1,4-6H,2-3H2;6H,2-5H2,1H3. The summed E-state index contributed by atoms with van der Waals surface area (Å²) in [5, 5.41) is 4.43. The summed E-state index contributed by atoms with van der Waals surface area (Å²) >= 11 is 5.77. The van der Waals surface area contributed by atoms with Gasteiger partial charge in [0.2, 0.25) is 0 Å². The summed E-state index contributed by atoms with van der Waals surface area (Å²) in [5.41, 5.74) is 3.24. The summed E-state index contributed by atoms with van der Waals surface area (Å²) in [6.45, 7) is 7.95. The van der Waals surface area contributed by atoms with Gasteiger partial charge in [-0.15, -0.1) is 0 Å². The first kappa shape index (κ1) is 25.1. The van der Waals surface area contributed by atoms with Gasteiger partial charge < -0.3 is 4.74 Å². The van der Waals surface area contributed by atoms with Crippen molar-refractivity contribution in [2.75, 3.05) is 13.2 Å². The third kappa shape index (κ3) is 6.80. The Bertz CT molecular complexity index is 1260. The maximum atomic E-state index is 14.1. The van der Waals surface area contributed by atoms with E-state index in [1.54, 1.807) is 12.1 Å². The van der Waals surface area contributed by atoms with Crippen LogP contribution in [0.25, 0.3) is 22.4 Å². The minimum Gasteiger partial charge on any atom is -0.381 e. The molecule has 1 aliphatic heterocycles. The normalized spacial score (nSPS) is 15.7. The van der Waals surface area contributed by atoms with E-state index in [1.807, 2.05) is 37.0 Å². The minimum atomic E-state index is -0.447. The molecule has 0 atom stereocenters. The molecule has 1 aliphatic carbocycles. The van der Waals surface area contributed by atoms with Crippen LogP contribution in [0, 0.1) is 25.6 Å². The quantitative estimate of drug-likeness (QED) is 0.331. The van der Waals surface area contributed by atoms with Crippen molar-refractivity contribution < 1.29 is 9.13 Å². The van der Waals surface area contributed by atoms with Gasteiger partial charge in [-0.3, -0.25) is 4.68 Å². The van der Waals surface area contributed by atoms with E-state index in [2.05, 4.69) is 32.0 Å². The molecular weight excluding hydrogens is 467 g/mol. The molecule has 35 heavy (non-hydrogen) atoms. The molecule has 1 saturated heterocycles. The van der Waals surface area contributed by atoms with Gasteiger partial charge in [-0.2, -0.15) is 5.10 Å². The highest BCUT2D eigenvalue weighted by Gasteiger charge is 2.23. The summed E-state index contributed by atoms with van der Waals surface area (Å²) in [7, 11) is 0. The zero-order chi connectivity index (χ0) is 24.8. The molecule has 9 heteroatoms. The number of aryl methyl sites for hydroxylation is 2. The second-order valence-electron chi connectivity index (χ2n) is 8.93. The van der Waals surface area contributed by atoms with Gasteiger partial charge in [0, 0.05) is 36.2 Å². The molecule has 0 unspecified atom stereocenters. The summed E-state index contributed by atoms with van der Waals surface area (Å²) < 4.78 is 21.2. The number of hydrogen-bond acceptors (Lipinski definition) is 6. The number of aromatic nitrogens is 6. The molecule has 2 aliphatic rings. The van der Waals surface area contributed by atoms with Gasteiger partial charge in [-0.05, 0) is 69.7 Å². The van der Waals surface area contributed by atoms with E-state index in [4.69, 9.17) is 16.3 Å². The lowest BCUT2D eigenvalue weighted by Gasteiger charge is -2.16. The van der Waals surface area contributed by atoms with E-state index in [0.717, 1.165) is 36.6 Å². The molecule has 0 spiro atoms. The highest BCUT2D eigenvalue weighted by Crippen LogP contribution is 2.33. The van der Waals surface area contributed by atoms with Crippen molar-refractivity contribution in [2.24, 2.45) is 5.92 Å².